The fourth-order valence-electron chi connectivity index (χ4n) is 4.71. The smallest absolute Gasteiger partial charge is 0.253 e. The van der Waals surface area contributed by atoms with E-state index in [2.05, 4.69) is 51.0 Å². The summed E-state index contributed by atoms with van der Waals surface area (Å²) in [7, 11) is 3.60. The number of fused-ring (bicyclic) bond motifs is 2. The summed E-state index contributed by atoms with van der Waals surface area (Å²) in [6, 6.07) is 8.23. The van der Waals surface area contributed by atoms with Crippen molar-refractivity contribution in [3.05, 3.63) is 65.2 Å². The van der Waals surface area contributed by atoms with E-state index >= 15 is 0 Å². The number of halogens is 2. The van der Waals surface area contributed by atoms with Crippen molar-refractivity contribution in [2.24, 2.45) is 11.3 Å². The van der Waals surface area contributed by atoms with Gasteiger partial charge in [0.15, 0.2) is 5.82 Å². The molecule has 2 atom stereocenters. The maximum Gasteiger partial charge on any atom is 0.253 e. The van der Waals surface area contributed by atoms with Crippen LogP contribution in [0.5, 0.6) is 0 Å². The molecule has 2 N–H and O–H groups in total. The number of ether oxygens (including phenoxy) is 1. The van der Waals surface area contributed by atoms with Crippen LogP contribution in [0.4, 0.5) is 21.6 Å². The second-order valence-corrected chi connectivity index (χ2v) is 9.77. The van der Waals surface area contributed by atoms with Crippen LogP contribution < -0.4 is 10.6 Å². The Morgan fingerprint density at radius 3 is 2.94 bits per heavy atom. The first kappa shape index (κ1) is 24.2. The van der Waals surface area contributed by atoms with Gasteiger partial charge in [-0.1, -0.05) is 36.1 Å². The van der Waals surface area contributed by atoms with Crippen LogP contribution in [0.2, 0.25) is 5.02 Å². The van der Waals surface area contributed by atoms with Crippen molar-refractivity contribution >= 4 is 45.6 Å². The Bertz CT molecular complexity index is 1450. The van der Waals surface area contributed by atoms with E-state index in [-0.39, 0.29) is 34.2 Å². The largest absolute Gasteiger partial charge is 0.380 e. The van der Waals surface area contributed by atoms with Crippen LogP contribution in [0, 0.1) is 29.0 Å². The minimum absolute atomic E-state index is 0.00385. The monoisotopic (exact) mass is 505 g/mol. The molecule has 0 spiro atoms. The molecule has 1 amide bonds. The van der Waals surface area contributed by atoms with Gasteiger partial charge in [-0.2, -0.15) is 0 Å². The molecule has 1 aromatic heterocycles. The molecule has 0 bridgehead atoms. The van der Waals surface area contributed by atoms with Gasteiger partial charge >= 0.3 is 0 Å². The summed E-state index contributed by atoms with van der Waals surface area (Å²) < 4.78 is 19.6. The van der Waals surface area contributed by atoms with Gasteiger partial charge in [0.1, 0.15) is 12.1 Å². The Morgan fingerprint density at radius 1 is 1.36 bits per heavy atom. The molecular weight excluding hydrogens is 481 g/mol. The van der Waals surface area contributed by atoms with Gasteiger partial charge in [-0.05, 0) is 43.7 Å². The zero-order valence-corrected chi connectivity index (χ0v) is 20.7. The molecule has 2 aliphatic rings. The van der Waals surface area contributed by atoms with Crippen molar-refractivity contribution in [3.63, 3.8) is 0 Å². The van der Waals surface area contributed by atoms with Gasteiger partial charge in [0, 0.05) is 36.6 Å². The summed E-state index contributed by atoms with van der Waals surface area (Å²) in [6.45, 7) is 5.88. The van der Waals surface area contributed by atoms with E-state index in [0.29, 0.717) is 33.9 Å². The molecule has 2 aromatic carbocycles. The van der Waals surface area contributed by atoms with E-state index < -0.39 is 5.82 Å². The lowest BCUT2D eigenvalue weighted by Crippen LogP contribution is -2.19. The Labute approximate surface area is 213 Å². The normalized spacial score (nSPS) is 20.4. The Morgan fingerprint density at radius 2 is 2.19 bits per heavy atom. The second-order valence-electron chi connectivity index (χ2n) is 9.36. The number of rotatable bonds is 6. The quantitative estimate of drug-likeness (QED) is 0.376. The number of anilines is 3. The molecule has 7 nitrogen and oxygen atoms in total. The summed E-state index contributed by atoms with van der Waals surface area (Å²) in [4.78, 5) is 23.7. The highest BCUT2D eigenvalue weighted by Crippen LogP contribution is 2.56. The highest BCUT2D eigenvalue weighted by atomic mass is 35.5. The molecular formula is C27H25ClFN5O2. The van der Waals surface area contributed by atoms with Crippen LogP contribution in [0.3, 0.4) is 0 Å². The maximum absolute atomic E-state index is 14.5. The molecule has 2 heterocycles. The lowest BCUT2D eigenvalue weighted by molar-refractivity contribution is -0.113. The highest BCUT2D eigenvalue weighted by Gasteiger charge is 2.58. The van der Waals surface area contributed by atoms with Crippen molar-refractivity contribution in [2.45, 2.75) is 6.42 Å². The SMILES string of the molecule is C=C(COC)C(=O)Nc1cc2c(Nc3cccc(Cl)c3F)ncnc2cc1C#C[C@@]12C[C@@H]1CN(C)C2. The van der Waals surface area contributed by atoms with Crippen LogP contribution in [-0.4, -0.2) is 54.6 Å². The van der Waals surface area contributed by atoms with Gasteiger partial charge in [-0.25, -0.2) is 14.4 Å². The summed E-state index contributed by atoms with van der Waals surface area (Å²) in [5.74, 6) is 6.75. The minimum Gasteiger partial charge on any atom is -0.380 e. The maximum atomic E-state index is 14.5. The molecule has 3 aromatic rings. The molecule has 1 saturated heterocycles. The van der Waals surface area contributed by atoms with Crippen LogP contribution in [0.25, 0.3) is 10.9 Å². The fourth-order valence-corrected chi connectivity index (χ4v) is 4.88. The summed E-state index contributed by atoms with van der Waals surface area (Å²) in [6.07, 6.45) is 2.48. The summed E-state index contributed by atoms with van der Waals surface area (Å²) in [5.41, 5.74) is 2.18. The van der Waals surface area contributed by atoms with E-state index in [9.17, 15) is 9.18 Å². The Hall–Kier alpha value is -3.51. The van der Waals surface area contributed by atoms with Crippen molar-refractivity contribution < 1.29 is 13.9 Å². The lowest BCUT2D eigenvalue weighted by atomic mass is 10.0. The number of nitrogens with zero attached hydrogens (tertiary/aromatic N) is 3. The van der Waals surface area contributed by atoms with Gasteiger partial charge in [0.25, 0.3) is 5.91 Å². The number of amides is 1. The van der Waals surface area contributed by atoms with Crippen molar-refractivity contribution in [2.75, 3.05) is 44.5 Å². The molecule has 1 aliphatic heterocycles. The third-order valence-electron chi connectivity index (χ3n) is 6.63. The number of nitrogens with one attached hydrogen (secondary N) is 2. The van der Waals surface area contributed by atoms with Gasteiger partial charge in [0.05, 0.1) is 34.1 Å². The molecule has 184 valence electrons. The van der Waals surface area contributed by atoms with Gasteiger partial charge in [-0.15, -0.1) is 0 Å². The number of hydrogen-bond donors (Lipinski definition) is 2. The third kappa shape index (κ3) is 4.65. The molecule has 9 heteroatoms. The second kappa shape index (κ2) is 9.51. The third-order valence-corrected chi connectivity index (χ3v) is 6.92. The first-order valence-corrected chi connectivity index (χ1v) is 11.9. The first-order valence-electron chi connectivity index (χ1n) is 11.5. The Balaban J connectivity index is 1.56. The lowest BCUT2D eigenvalue weighted by Gasteiger charge is -2.14. The number of piperidine rings is 1. The average molecular weight is 506 g/mol. The van der Waals surface area contributed by atoms with Gasteiger partial charge in [0.2, 0.25) is 0 Å². The average Bonchev–Trinajstić information content (AvgIpc) is 3.41. The number of methoxy groups -OCH3 is 1. The zero-order valence-electron chi connectivity index (χ0n) is 20.0. The van der Waals surface area contributed by atoms with Crippen LogP contribution >= 0.6 is 11.6 Å². The number of carbonyl (C=O) groups is 1. The van der Waals surface area contributed by atoms with Crippen LogP contribution in [0.15, 0.2) is 48.8 Å². The molecule has 2 fully saturated rings. The molecule has 1 aliphatic carbocycles. The van der Waals surface area contributed by atoms with Crippen molar-refractivity contribution in [3.8, 4) is 11.8 Å². The predicted molar refractivity (Wildman–Crippen MR) is 139 cm³/mol. The molecule has 0 unspecified atom stereocenters. The molecule has 0 radical (unpaired) electrons. The number of aromatic nitrogens is 2. The molecule has 5 rings (SSSR count). The van der Waals surface area contributed by atoms with Crippen LogP contribution in [0.1, 0.15) is 12.0 Å². The summed E-state index contributed by atoms with van der Waals surface area (Å²) in [5, 5.41) is 6.47. The van der Waals surface area contributed by atoms with Crippen molar-refractivity contribution in [1.29, 1.82) is 0 Å². The van der Waals surface area contributed by atoms with E-state index in [0.717, 1.165) is 19.5 Å². The van der Waals surface area contributed by atoms with E-state index in [1.807, 2.05) is 6.07 Å². The zero-order chi connectivity index (χ0) is 25.4. The fraction of sp³-hybridized carbons (Fsp3) is 0.296. The predicted octanol–water partition coefficient (Wildman–Crippen LogP) is 4.61. The minimum atomic E-state index is -0.586. The number of likely N-dealkylation sites (tertiary alicyclic amines) is 1. The van der Waals surface area contributed by atoms with Crippen molar-refractivity contribution in [1.82, 2.24) is 14.9 Å². The first-order chi connectivity index (χ1) is 17.3. The van der Waals surface area contributed by atoms with Gasteiger partial charge in [-0.3, -0.25) is 4.79 Å². The Kier molecular flexibility index (Phi) is 6.39. The van der Waals surface area contributed by atoms with E-state index in [4.69, 9.17) is 16.3 Å². The number of hydrogen-bond acceptors (Lipinski definition) is 6. The molecule has 36 heavy (non-hydrogen) atoms. The summed E-state index contributed by atoms with van der Waals surface area (Å²) >= 11 is 5.94. The highest BCUT2D eigenvalue weighted by molar-refractivity contribution is 6.31. The number of benzene rings is 2. The van der Waals surface area contributed by atoms with Crippen LogP contribution in [-0.2, 0) is 9.53 Å². The van der Waals surface area contributed by atoms with E-state index in [1.54, 1.807) is 18.2 Å². The standard InChI is InChI=1S/C27H25ClFN5O2/c1-16(13-36-3)26(35)33-22-10-19-23(9-17(22)7-8-27-11-18(27)12-34(2)14-27)30-15-31-25(19)32-21-6-4-5-20(28)24(21)29/h4-6,9-10,15,18H,1,11-14H2,2-3H3,(H,33,35)(H,30,31,32)/t18-,27+/m1/s1. The molecule has 1 saturated carbocycles. The number of carbonyl (C=O) groups excluding carboxylic acids is 1. The van der Waals surface area contributed by atoms with Gasteiger partial charge < -0.3 is 20.3 Å². The van der Waals surface area contributed by atoms with E-state index in [1.165, 1.54) is 19.5 Å². The topological polar surface area (TPSA) is 79.4 Å².